The molecule has 4 nitrogen and oxygen atoms in total. The quantitative estimate of drug-likeness (QED) is 0.256. The summed E-state index contributed by atoms with van der Waals surface area (Å²) in [6.07, 6.45) is 3.73. The van der Waals surface area contributed by atoms with Crippen molar-refractivity contribution in [2.75, 3.05) is 6.26 Å². The Kier molecular flexibility index (Phi) is 5.27. The predicted molar refractivity (Wildman–Crippen MR) is 108 cm³/mol. The van der Waals surface area contributed by atoms with Gasteiger partial charge in [-0.05, 0) is 45.1 Å². The van der Waals surface area contributed by atoms with Crippen molar-refractivity contribution in [1.82, 2.24) is 5.32 Å². The summed E-state index contributed by atoms with van der Waals surface area (Å²) in [6.45, 7) is 0. The number of nitriles is 1. The maximum absolute atomic E-state index is 10.5. The third-order valence-electron chi connectivity index (χ3n) is 3.73. The molecule has 3 aromatic rings. The van der Waals surface area contributed by atoms with Crippen molar-refractivity contribution in [3.05, 3.63) is 59.1 Å². The third-order valence-corrected chi connectivity index (χ3v) is 4.95. The van der Waals surface area contributed by atoms with Gasteiger partial charge in [0.05, 0.1) is 5.69 Å². The first-order valence-electron chi connectivity index (χ1n) is 7.43. The number of thioether (sulfide) groups is 1. The van der Waals surface area contributed by atoms with Crippen LogP contribution in [0.25, 0.3) is 21.9 Å². The van der Waals surface area contributed by atoms with Crippen LogP contribution in [-0.4, -0.2) is 16.5 Å². The van der Waals surface area contributed by atoms with Gasteiger partial charge >= 0.3 is 0 Å². The van der Waals surface area contributed by atoms with Gasteiger partial charge in [0.15, 0.2) is 11.4 Å². The topological polar surface area (TPSA) is 68.4 Å². The Bertz CT molecular complexity index is 1010. The SMILES string of the molecule is CSC(=Nc1c(Br)cccc1-c1c(O)ccc2ccccc12)NC#N. The molecular formula is C19H14BrN3OS. The highest BCUT2D eigenvalue weighted by Crippen LogP contribution is 2.44. The van der Waals surface area contributed by atoms with Crippen LogP contribution in [0.4, 0.5) is 5.69 Å². The minimum atomic E-state index is 0.187. The van der Waals surface area contributed by atoms with E-state index in [9.17, 15) is 5.11 Å². The van der Waals surface area contributed by atoms with Crippen molar-refractivity contribution in [1.29, 1.82) is 5.26 Å². The van der Waals surface area contributed by atoms with Crippen LogP contribution in [0.3, 0.4) is 0 Å². The van der Waals surface area contributed by atoms with E-state index < -0.39 is 0 Å². The molecule has 0 radical (unpaired) electrons. The Hall–Kier alpha value is -2.49. The number of benzene rings is 3. The van der Waals surface area contributed by atoms with Crippen LogP contribution >= 0.6 is 27.7 Å². The van der Waals surface area contributed by atoms with Gasteiger partial charge in [0.1, 0.15) is 5.75 Å². The molecule has 0 saturated carbocycles. The van der Waals surface area contributed by atoms with Crippen LogP contribution in [0.2, 0.25) is 0 Å². The highest BCUT2D eigenvalue weighted by Gasteiger charge is 2.15. The molecular weight excluding hydrogens is 398 g/mol. The van der Waals surface area contributed by atoms with Crippen LogP contribution < -0.4 is 5.32 Å². The van der Waals surface area contributed by atoms with E-state index in [1.165, 1.54) is 11.8 Å². The highest BCUT2D eigenvalue weighted by molar-refractivity contribution is 9.10. The third kappa shape index (κ3) is 3.48. The number of hydrogen-bond acceptors (Lipinski definition) is 4. The molecule has 2 N–H and O–H groups in total. The number of nitrogens with one attached hydrogen (secondary N) is 1. The molecule has 0 unspecified atom stereocenters. The summed E-state index contributed by atoms with van der Waals surface area (Å²) in [5.74, 6) is 0.187. The number of para-hydroxylation sites is 1. The molecule has 0 saturated heterocycles. The monoisotopic (exact) mass is 411 g/mol. The number of phenols is 1. The number of hydrogen-bond donors (Lipinski definition) is 2. The van der Waals surface area contributed by atoms with E-state index in [2.05, 4.69) is 26.2 Å². The van der Waals surface area contributed by atoms with Crippen LogP contribution in [-0.2, 0) is 0 Å². The number of rotatable bonds is 2. The molecule has 3 aromatic carbocycles. The Labute approximate surface area is 158 Å². The first-order chi connectivity index (χ1) is 12.2. The first kappa shape index (κ1) is 17.3. The lowest BCUT2D eigenvalue weighted by atomic mass is 9.96. The molecule has 25 heavy (non-hydrogen) atoms. The molecule has 0 fully saturated rings. The van der Waals surface area contributed by atoms with Gasteiger partial charge in [-0.25, -0.2) is 4.99 Å². The lowest BCUT2D eigenvalue weighted by Crippen LogP contribution is -2.12. The van der Waals surface area contributed by atoms with E-state index in [1.54, 1.807) is 6.07 Å². The van der Waals surface area contributed by atoms with E-state index in [0.29, 0.717) is 10.9 Å². The van der Waals surface area contributed by atoms with E-state index in [-0.39, 0.29) is 5.75 Å². The fraction of sp³-hybridized carbons (Fsp3) is 0.0526. The number of aliphatic imine (C=N–C) groups is 1. The Balaban J connectivity index is 2.32. The Morgan fingerprint density at radius 1 is 1.16 bits per heavy atom. The van der Waals surface area contributed by atoms with Gasteiger partial charge in [-0.1, -0.05) is 54.2 Å². The van der Waals surface area contributed by atoms with E-state index in [0.717, 1.165) is 26.4 Å². The second-order valence-electron chi connectivity index (χ2n) is 5.17. The highest BCUT2D eigenvalue weighted by atomic mass is 79.9. The Morgan fingerprint density at radius 2 is 1.96 bits per heavy atom. The fourth-order valence-electron chi connectivity index (χ4n) is 2.65. The van der Waals surface area contributed by atoms with Gasteiger partial charge in [-0.2, -0.15) is 5.26 Å². The van der Waals surface area contributed by atoms with E-state index in [1.807, 2.05) is 61.0 Å². The number of amidine groups is 1. The van der Waals surface area contributed by atoms with Crippen LogP contribution in [0, 0.1) is 11.5 Å². The lowest BCUT2D eigenvalue weighted by molar-refractivity contribution is 0.478. The average Bonchev–Trinajstić information content (AvgIpc) is 2.63. The lowest BCUT2D eigenvalue weighted by Gasteiger charge is -2.13. The molecule has 0 spiro atoms. The molecule has 124 valence electrons. The molecule has 0 atom stereocenters. The van der Waals surface area contributed by atoms with Gasteiger partial charge in [-0.3, -0.25) is 5.32 Å². The molecule has 0 aliphatic carbocycles. The summed E-state index contributed by atoms with van der Waals surface area (Å²) in [6, 6.07) is 17.2. The zero-order valence-electron chi connectivity index (χ0n) is 13.3. The fourth-order valence-corrected chi connectivity index (χ4v) is 3.43. The van der Waals surface area contributed by atoms with Crippen LogP contribution in [0.5, 0.6) is 5.75 Å². The van der Waals surface area contributed by atoms with Crippen LogP contribution in [0.15, 0.2) is 64.1 Å². The van der Waals surface area contributed by atoms with E-state index >= 15 is 0 Å². The molecule has 0 aliphatic rings. The van der Waals surface area contributed by atoms with E-state index in [4.69, 9.17) is 5.26 Å². The zero-order chi connectivity index (χ0) is 17.8. The largest absolute Gasteiger partial charge is 0.507 e. The smallest absolute Gasteiger partial charge is 0.183 e. The number of halogens is 1. The van der Waals surface area contributed by atoms with Gasteiger partial charge in [0, 0.05) is 15.6 Å². The van der Waals surface area contributed by atoms with Crippen molar-refractivity contribution in [2.45, 2.75) is 0 Å². The zero-order valence-corrected chi connectivity index (χ0v) is 15.7. The van der Waals surface area contributed by atoms with Crippen molar-refractivity contribution >= 4 is 49.3 Å². The van der Waals surface area contributed by atoms with Crippen molar-refractivity contribution < 1.29 is 5.11 Å². The minimum Gasteiger partial charge on any atom is -0.507 e. The number of nitrogens with zero attached hydrogens (tertiary/aromatic N) is 2. The average molecular weight is 412 g/mol. The van der Waals surface area contributed by atoms with Crippen molar-refractivity contribution in [3.8, 4) is 23.1 Å². The summed E-state index contributed by atoms with van der Waals surface area (Å²) < 4.78 is 0.781. The van der Waals surface area contributed by atoms with Gasteiger partial charge < -0.3 is 5.11 Å². The minimum absolute atomic E-state index is 0.187. The second kappa shape index (κ2) is 7.60. The molecule has 0 amide bonds. The van der Waals surface area contributed by atoms with Crippen molar-refractivity contribution in [3.63, 3.8) is 0 Å². The maximum Gasteiger partial charge on any atom is 0.183 e. The van der Waals surface area contributed by atoms with Gasteiger partial charge in [-0.15, -0.1) is 0 Å². The number of fused-ring (bicyclic) bond motifs is 1. The number of phenolic OH excluding ortho intramolecular Hbond substituents is 1. The second-order valence-corrected chi connectivity index (χ2v) is 6.82. The van der Waals surface area contributed by atoms with Crippen LogP contribution in [0.1, 0.15) is 0 Å². The molecule has 0 aliphatic heterocycles. The van der Waals surface area contributed by atoms with Gasteiger partial charge in [0.25, 0.3) is 0 Å². The maximum atomic E-state index is 10.5. The summed E-state index contributed by atoms with van der Waals surface area (Å²) in [4.78, 5) is 4.58. The standard InChI is InChI=1S/C19H14BrN3OS/c1-25-19(22-11-21)23-18-14(7-4-8-15(18)20)17-13-6-3-2-5-12(13)9-10-16(17)24/h2-10,24H,1H3,(H,22,23). The van der Waals surface area contributed by atoms with Crippen molar-refractivity contribution in [2.24, 2.45) is 4.99 Å². The molecule has 3 rings (SSSR count). The molecule has 0 heterocycles. The first-order valence-corrected chi connectivity index (χ1v) is 9.45. The molecule has 0 bridgehead atoms. The summed E-state index contributed by atoms with van der Waals surface area (Å²) in [5.41, 5.74) is 2.16. The number of aromatic hydroxyl groups is 1. The Morgan fingerprint density at radius 3 is 2.72 bits per heavy atom. The summed E-state index contributed by atoms with van der Waals surface area (Å²) in [5, 5.41) is 24.4. The predicted octanol–water partition coefficient (Wildman–Crippen LogP) is 5.40. The molecule has 0 aromatic heterocycles. The normalized spacial score (nSPS) is 11.3. The summed E-state index contributed by atoms with van der Waals surface area (Å²) in [7, 11) is 0. The van der Waals surface area contributed by atoms with Gasteiger partial charge in [0.2, 0.25) is 0 Å². The molecule has 6 heteroatoms. The summed E-state index contributed by atoms with van der Waals surface area (Å²) >= 11 is 4.88.